The van der Waals surface area contributed by atoms with Gasteiger partial charge in [-0.1, -0.05) is 30.3 Å². The Hall–Kier alpha value is -3.67. The number of aromatic nitrogens is 3. The Morgan fingerprint density at radius 3 is 2.26 bits per heavy atom. The fourth-order valence-corrected chi connectivity index (χ4v) is 3.65. The van der Waals surface area contributed by atoms with Crippen LogP contribution in [0.1, 0.15) is 35.5 Å². The van der Waals surface area contributed by atoms with E-state index in [9.17, 15) is 9.18 Å². The molecule has 0 aliphatic rings. The molecule has 6 heteroatoms. The van der Waals surface area contributed by atoms with Gasteiger partial charge in [-0.05, 0) is 62.7 Å². The van der Waals surface area contributed by atoms with Crippen molar-refractivity contribution < 1.29 is 9.18 Å². The number of hydrogen-bond acceptors (Lipinski definition) is 2. The highest BCUT2D eigenvalue weighted by atomic mass is 19.1. The molecule has 0 N–H and O–H groups in total. The molecule has 2 heterocycles. The van der Waals surface area contributed by atoms with Crippen molar-refractivity contribution in [2.45, 2.75) is 33.4 Å². The van der Waals surface area contributed by atoms with Gasteiger partial charge in [-0.15, -0.1) is 0 Å². The van der Waals surface area contributed by atoms with Gasteiger partial charge in [0.2, 0.25) is 0 Å². The summed E-state index contributed by atoms with van der Waals surface area (Å²) in [5, 5.41) is 4.66. The lowest BCUT2D eigenvalue weighted by Crippen LogP contribution is -2.37. The molecule has 31 heavy (non-hydrogen) atoms. The Morgan fingerprint density at radius 1 is 1.00 bits per heavy atom. The van der Waals surface area contributed by atoms with Gasteiger partial charge in [-0.2, -0.15) is 5.10 Å². The predicted octanol–water partition coefficient (Wildman–Crippen LogP) is 5.16. The second-order valence-corrected chi connectivity index (χ2v) is 7.77. The summed E-state index contributed by atoms with van der Waals surface area (Å²) in [5.41, 5.74) is 2.91. The number of carbonyl (C=O) groups is 1. The maximum Gasteiger partial charge on any atom is 0.260 e. The molecule has 5 nitrogen and oxygen atoms in total. The van der Waals surface area contributed by atoms with Gasteiger partial charge < -0.3 is 9.47 Å². The number of nitrogens with zero attached hydrogens (tertiary/aromatic N) is 4. The fraction of sp³-hybridized carbons (Fsp3) is 0.200. The molecule has 0 aliphatic heterocycles. The number of halogens is 1. The van der Waals surface area contributed by atoms with Crippen molar-refractivity contribution in [2.75, 3.05) is 0 Å². The predicted molar refractivity (Wildman–Crippen MR) is 119 cm³/mol. The molecule has 0 fully saturated rings. The van der Waals surface area contributed by atoms with Crippen molar-refractivity contribution in [3.63, 3.8) is 0 Å². The molecule has 0 saturated heterocycles. The van der Waals surface area contributed by atoms with Gasteiger partial charge in [-0.3, -0.25) is 4.79 Å². The second-order valence-electron chi connectivity index (χ2n) is 7.77. The highest BCUT2D eigenvalue weighted by Crippen LogP contribution is 2.26. The van der Waals surface area contributed by atoms with Gasteiger partial charge in [0.05, 0.1) is 11.4 Å². The zero-order chi connectivity index (χ0) is 22.0. The fourth-order valence-electron chi connectivity index (χ4n) is 3.65. The average molecular weight is 417 g/mol. The summed E-state index contributed by atoms with van der Waals surface area (Å²) in [5.74, 6) is 0.228. The van der Waals surface area contributed by atoms with Gasteiger partial charge in [0.15, 0.2) is 5.82 Å². The molecular formula is C25H25FN4O. The first-order valence-electron chi connectivity index (χ1n) is 10.3. The molecule has 0 bridgehead atoms. The quantitative estimate of drug-likeness (QED) is 0.436. The topological polar surface area (TPSA) is 43.1 Å². The summed E-state index contributed by atoms with van der Waals surface area (Å²) in [6.45, 7) is 6.36. The molecule has 2 aromatic heterocycles. The van der Waals surface area contributed by atoms with E-state index in [0.29, 0.717) is 29.3 Å². The van der Waals surface area contributed by atoms with Gasteiger partial charge in [0, 0.05) is 25.0 Å². The van der Waals surface area contributed by atoms with Crippen molar-refractivity contribution in [1.29, 1.82) is 0 Å². The van der Waals surface area contributed by atoms with Gasteiger partial charge >= 0.3 is 0 Å². The highest BCUT2D eigenvalue weighted by Gasteiger charge is 2.28. The summed E-state index contributed by atoms with van der Waals surface area (Å²) in [6.07, 6.45) is 3.76. The van der Waals surface area contributed by atoms with Crippen molar-refractivity contribution in [1.82, 2.24) is 19.2 Å². The van der Waals surface area contributed by atoms with E-state index >= 15 is 0 Å². The minimum Gasteiger partial charge on any atom is -0.332 e. The first-order valence-corrected chi connectivity index (χ1v) is 10.3. The zero-order valence-electron chi connectivity index (χ0n) is 17.9. The van der Waals surface area contributed by atoms with Crippen molar-refractivity contribution in [2.24, 2.45) is 0 Å². The molecule has 0 atom stereocenters. The minimum absolute atomic E-state index is 0.00112. The standard InChI is InChI=1S/C25H25FN4O/c1-18(2)29(17-20-9-5-4-6-10-20)25(31)23-19(3)27-30(22-13-11-21(26)12-14-22)24(23)28-15-7-8-16-28/h4-16,18H,17H2,1-3H3. The van der Waals surface area contributed by atoms with Gasteiger partial charge in [0.25, 0.3) is 5.91 Å². The summed E-state index contributed by atoms with van der Waals surface area (Å²) < 4.78 is 17.1. The zero-order valence-corrected chi connectivity index (χ0v) is 17.9. The monoisotopic (exact) mass is 416 g/mol. The molecule has 158 valence electrons. The average Bonchev–Trinajstić information content (AvgIpc) is 3.40. The number of benzene rings is 2. The SMILES string of the molecule is Cc1nn(-c2ccc(F)cc2)c(-n2cccc2)c1C(=O)N(Cc1ccccc1)C(C)C. The van der Waals surface area contributed by atoms with E-state index in [1.54, 1.807) is 16.8 Å². The van der Waals surface area contributed by atoms with E-state index in [2.05, 4.69) is 5.10 Å². The van der Waals surface area contributed by atoms with E-state index in [1.165, 1.54) is 12.1 Å². The van der Waals surface area contributed by atoms with E-state index < -0.39 is 0 Å². The van der Waals surface area contributed by atoms with Crippen LogP contribution >= 0.6 is 0 Å². The molecular weight excluding hydrogens is 391 g/mol. The summed E-state index contributed by atoms with van der Waals surface area (Å²) >= 11 is 0. The van der Waals surface area contributed by atoms with Gasteiger partial charge in [-0.25, -0.2) is 9.07 Å². The highest BCUT2D eigenvalue weighted by molar-refractivity contribution is 5.98. The van der Waals surface area contributed by atoms with Crippen LogP contribution in [0.25, 0.3) is 11.5 Å². The maximum atomic E-state index is 13.8. The first kappa shape index (κ1) is 20.6. The van der Waals surface area contributed by atoms with Crippen LogP contribution in [-0.4, -0.2) is 31.2 Å². The maximum absolute atomic E-state index is 13.8. The molecule has 0 spiro atoms. The van der Waals surface area contributed by atoms with Crippen LogP contribution in [0.5, 0.6) is 0 Å². The number of aryl methyl sites for hydroxylation is 1. The van der Waals surface area contributed by atoms with E-state index in [1.807, 2.05) is 85.1 Å². The normalized spacial score (nSPS) is 11.1. The molecule has 0 saturated carbocycles. The Balaban J connectivity index is 1.83. The smallest absolute Gasteiger partial charge is 0.260 e. The third kappa shape index (κ3) is 4.14. The third-order valence-corrected chi connectivity index (χ3v) is 5.25. The van der Waals surface area contributed by atoms with Crippen LogP contribution in [0.3, 0.4) is 0 Å². The van der Waals surface area contributed by atoms with Crippen molar-refractivity contribution in [3.05, 3.63) is 102 Å². The first-order chi connectivity index (χ1) is 15.0. The van der Waals surface area contributed by atoms with Crippen LogP contribution in [0, 0.1) is 12.7 Å². The van der Waals surface area contributed by atoms with E-state index in [4.69, 9.17) is 0 Å². The van der Waals surface area contributed by atoms with E-state index in [-0.39, 0.29) is 17.8 Å². The van der Waals surface area contributed by atoms with Crippen LogP contribution in [-0.2, 0) is 6.54 Å². The lowest BCUT2D eigenvalue weighted by Gasteiger charge is -2.27. The van der Waals surface area contributed by atoms with Crippen LogP contribution in [0.15, 0.2) is 79.1 Å². The Morgan fingerprint density at radius 2 is 1.65 bits per heavy atom. The second kappa shape index (κ2) is 8.60. The van der Waals surface area contributed by atoms with Crippen molar-refractivity contribution >= 4 is 5.91 Å². The van der Waals surface area contributed by atoms with Crippen LogP contribution in [0.4, 0.5) is 4.39 Å². The Kier molecular flexibility index (Phi) is 5.71. The van der Waals surface area contributed by atoms with Crippen LogP contribution < -0.4 is 0 Å². The van der Waals surface area contributed by atoms with E-state index in [0.717, 1.165) is 5.56 Å². The largest absolute Gasteiger partial charge is 0.332 e. The number of rotatable bonds is 6. The van der Waals surface area contributed by atoms with Crippen LogP contribution in [0.2, 0.25) is 0 Å². The molecule has 0 unspecified atom stereocenters. The molecule has 1 amide bonds. The number of carbonyl (C=O) groups excluding carboxylic acids is 1. The van der Waals surface area contributed by atoms with Gasteiger partial charge in [0.1, 0.15) is 11.4 Å². The molecule has 2 aromatic carbocycles. The third-order valence-electron chi connectivity index (χ3n) is 5.25. The van der Waals surface area contributed by atoms with Crippen molar-refractivity contribution in [3.8, 4) is 11.5 Å². The molecule has 0 aliphatic carbocycles. The Bertz CT molecular complexity index is 1160. The molecule has 4 rings (SSSR count). The summed E-state index contributed by atoms with van der Waals surface area (Å²) in [7, 11) is 0. The summed E-state index contributed by atoms with van der Waals surface area (Å²) in [4.78, 5) is 15.7. The Labute approximate surface area is 181 Å². The number of hydrogen-bond donors (Lipinski definition) is 0. The minimum atomic E-state index is -0.319. The molecule has 4 aromatic rings. The lowest BCUT2D eigenvalue weighted by atomic mass is 10.1. The summed E-state index contributed by atoms with van der Waals surface area (Å²) in [6, 6.07) is 19.8. The lowest BCUT2D eigenvalue weighted by molar-refractivity contribution is 0.0689. The number of amides is 1. The molecule has 0 radical (unpaired) electrons.